The van der Waals surface area contributed by atoms with Gasteiger partial charge in [0, 0.05) is 26.1 Å². The molecule has 1 aromatic rings. The quantitative estimate of drug-likeness (QED) is 0.602. The van der Waals surface area contributed by atoms with Crippen LogP contribution in [0.15, 0.2) is 12.4 Å². The first-order chi connectivity index (χ1) is 9.45. The van der Waals surface area contributed by atoms with E-state index in [2.05, 4.69) is 5.10 Å². The SMILES string of the molecule is C[C@@H]1CN(C(=O)CCn2cc([N+](=O)[O-])cn2)C[C@@H](C)O1. The van der Waals surface area contributed by atoms with Crippen LogP contribution in [0.3, 0.4) is 0 Å². The minimum Gasteiger partial charge on any atom is -0.372 e. The van der Waals surface area contributed by atoms with Crippen molar-refractivity contribution in [2.75, 3.05) is 13.1 Å². The Balaban J connectivity index is 1.86. The van der Waals surface area contributed by atoms with E-state index in [0.29, 0.717) is 19.6 Å². The van der Waals surface area contributed by atoms with Crippen molar-refractivity contribution in [3.05, 3.63) is 22.5 Å². The Morgan fingerprint density at radius 3 is 2.70 bits per heavy atom. The van der Waals surface area contributed by atoms with E-state index in [1.54, 1.807) is 4.90 Å². The van der Waals surface area contributed by atoms with Gasteiger partial charge in [-0.05, 0) is 13.8 Å². The Labute approximate surface area is 116 Å². The molecule has 0 aliphatic carbocycles. The first kappa shape index (κ1) is 14.4. The smallest absolute Gasteiger partial charge is 0.306 e. The molecule has 2 heterocycles. The molecule has 2 rings (SSSR count). The second-order valence-corrected chi connectivity index (χ2v) is 5.02. The normalized spacial score (nSPS) is 22.8. The van der Waals surface area contributed by atoms with E-state index < -0.39 is 4.92 Å². The number of carbonyl (C=O) groups excluding carboxylic acids is 1. The number of nitro groups is 1. The second-order valence-electron chi connectivity index (χ2n) is 5.02. The Kier molecular flexibility index (Phi) is 4.33. The molecule has 20 heavy (non-hydrogen) atoms. The van der Waals surface area contributed by atoms with Crippen LogP contribution in [0, 0.1) is 10.1 Å². The van der Waals surface area contributed by atoms with E-state index in [-0.39, 0.29) is 30.2 Å². The van der Waals surface area contributed by atoms with Gasteiger partial charge in [0.15, 0.2) is 0 Å². The third kappa shape index (κ3) is 3.53. The van der Waals surface area contributed by atoms with Crippen LogP contribution in [-0.4, -0.2) is 50.8 Å². The summed E-state index contributed by atoms with van der Waals surface area (Å²) in [4.78, 5) is 23.9. The van der Waals surface area contributed by atoms with Gasteiger partial charge in [-0.1, -0.05) is 0 Å². The van der Waals surface area contributed by atoms with Crippen molar-refractivity contribution in [1.29, 1.82) is 0 Å². The van der Waals surface area contributed by atoms with E-state index >= 15 is 0 Å². The Hall–Kier alpha value is -1.96. The largest absolute Gasteiger partial charge is 0.372 e. The maximum Gasteiger partial charge on any atom is 0.306 e. The summed E-state index contributed by atoms with van der Waals surface area (Å²) in [5, 5.41) is 14.4. The van der Waals surface area contributed by atoms with Gasteiger partial charge in [-0.3, -0.25) is 19.6 Å². The van der Waals surface area contributed by atoms with E-state index in [0.717, 1.165) is 0 Å². The van der Waals surface area contributed by atoms with Crippen LogP contribution < -0.4 is 0 Å². The first-order valence-corrected chi connectivity index (χ1v) is 6.56. The van der Waals surface area contributed by atoms with Crippen molar-refractivity contribution < 1.29 is 14.5 Å². The van der Waals surface area contributed by atoms with Gasteiger partial charge in [-0.2, -0.15) is 5.10 Å². The average Bonchev–Trinajstić information content (AvgIpc) is 2.83. The fourth-order valence-corrected chi connectivity index (χ4v) is 2.32. The standard InChI is InChI=1S/C12H18N4O4/c1-9-6-14(7-10(2)20-9)12(17)3-4-15-8-11(5-13-15)16(18)19/h5,8-10H,3-4,6-7H2,1-2H3/t9-,10-/m1/s1. The maximum absolute atomic E-state index is 12.1. The number of hydrogen-bond donors (Lipinski definition) is 0. The Bertz CT molecular complexity index is 491. The van der Waals surface area contributed by atoms with E-state index in [1.807, 2.05) is 13.8 Å². The molecule has 1 aromatic heterocycles. The summed E-state index contributed by atoms with van der Waals surface area (Å²) in [5.74, 6) is 0.0187. The number of rotatable bonds is 4. The van der Waals surface area contributed by atoms with Crippen LogP contribution in [0.25, 0.3) is 0 Å². The summed E-state index contributed by atoms with van der Waals surface area (Å²) in [6.45, 7) is 5.39. The highest BCUT2D eigenvalue weighted by Gasteiger charge is 2.25. The number of nitrogens with zero attached hydrogens (tertiary/aromatic N) is 4. The highest BCUT2D eigenvalue weighted by Crippen LogP contribution is 2.13. The summed E-state index contributed by atoms with van der Waals surface area (Å²) in [7, 11) is 0. The highest BCUT2D eigenvalue weighted by molar-refractivity contribution is 5.76. The Morgan fingerprint density at radius 2 is 2.15 bits per heavy atom. The predicted octanol–water partition coefficient (Wildman–Crippen LogP) is 0.817. The molecule has 1 saturated heterocycles. The summed E-state index contributed by atoms with van der Waals surface area (Å²) < 4.78 is 6.99. The predicted molar refractivity (Wildman–Crippen MR) is 70.1 cm³/mol. The van der Waals surface area contributed by atoms with Gasteiger partial charge < -0.3 is 9.64 Å². The molecule has 1 aliphatic heterocycles. The molecule has 8 heteroatoms. The summed E-state index contributed by atoms with van der Waals surface area (Å²) in [6, 6.07) is 0. The molecule has 1 aliphatic rings. The lowest BCUT2D eigenvalue weighted by atomic mass is 10.2. The molecular weight excluding hydrogens is 264 g/mol. The minimum atomic E-state index is -0.503. The fraction of sp³-hybridized carbons (Fsp3) is 0.667. The van der Waals surface area contributed by atoms with Gasteiger partial charge in [-0.15, -0.1) is 0 Å². The molecule has 2 atom stereocenters. The van der Waals surface area contributed by atoms with Crippen molar-refractivity contribution in [1.82, 2.24) is 14.7 Å². The Morgan fingerprint density at radius 1 is 1.50 bits per heavy atom. The van der Waals surface area contributed by atoms with Crippen LogP contribution in [0.4, 0.5) is 5.69 Å². The lowest BCUT2D eigenvalue weighted by molar-refractivity contribution is -0.385. The van der Waals surface area contributed by atoms with Gasteiger partial charge in [0.25, 0.3) is 0 Å². The molecule has 0 radical (unpaired) electrons. The second kappa shape index (κ2) is 6.00. The van der Waals surface area contributed by atoms with Crippen molar-refractivity contribution in [2.24, 2.45) is 0 Å². The lowest BCUT2D eigenvalue weighted by Crippen LogP contribution is -2.48. The van der Waals surface area contributed by atoms with Gasteiger partial charge in [0.1, 0.15) is 12.4 Å². The van der Waals surface area contributed by atoms with Crippen molar-refractivity contribution in [2.45, 2.75) is 39.0 Å². The van der Waals surface area contributed by atoms with Gasteiger partial charge in [0.05, 0.1) is 17.1 Å². The highest BCUT2D eigenvalue weighted by atomic mass is 16.6. The molecule has 0 aromatic carbocycles. The summed E-state index contributed by atoms with van der Waals surface area (Å²) >= 11 is 0. The number of hydrogen-bond acceptors (Lipinski definition) is 5. The molecule has 1 fully saturated rings. The summed E-state index contributed by atoms with van der Waals surface area (Å²) in [5.41, 5.74) is -0.0638. The molecule has 0 saturated carbocycles. The van der Waals surface area contributed by atoms with Crippen molar-refractivity contribution in [3.63, 3.8) is 0 Å². The third-order valence-electron chi connectivity index (χ3n) is 3.16. The molecule has 0 unspecified atom stereocenters. The zero-order valence-electron chi connectivity index (χ0n) is 11.6. The van der Waals surface area contributed by atoms with Gasteiger partial charge in [-0.25, -0.2) is 0 Å². The molecular formula is C12H18N4O4. The van der Waals surface area contributed by atoms with E-state index in [4.69, 9.17) is 4.74 Å². The minimum absolute atomic E-state index is 0.0187. The van der Waals surface area contributed by atoms with Crippen molar-refractivity contribution >= 4 is 11.6 Å². The van der Waals surface area contributed by atoms with Crippen LogP contribution >= 0.6 is 0 Å². The lowest BCUT2D eigenvalue weighted by Gasteiger charge is -2.35. The average molecular weight is 282 g/mol. The van der Waals surface area contributed by atoms with Gasteiger partial charge in [0.2, 0.25) is 5.91 Å². The molecule has 8 nitrogen and oxygen atoms in total. The van der Waals surface area contributed by atoms with Crippen LogP contribution in [0.2, 0.25) is 0 Å². The maximum atomic E-state index is 12.1. The number of carbonyl (C=O) groups is 1. The number of aromatic nitrogens is 2. The summed E-state index contributed by atoms with van der Waals surface area (Å²) in [6.07, 6.45) is 2.86. The number of morpholine rings is 1. The molecule has 0 bridgehead atoms. The van der Waals surface area contributed by atoms with E-state index in [1.165, 1.54) is 17.1 Å². The zero-order valence-corrected chi connectivity index (χ0v) is 11.6. The van der Waals surface area contributed by atoms with Crippen molar-refractivity contribution in [3.8, 4) is 0 Å². The molecule has 110 valence electrons. The monoisotopic (exact) mass is 282 g/mol. The topological polar surface area (TPSA) is 90.5 Å². The number of ether oxygens (including phenoxy) is 1. The molecule has 1 amide bonds. The number of amides is 1. The van der Waals surface area contributed by atoms with Crippen LogP contribution in [0.5, 0.6) is 0 Å². The van der Waals surface area contributed by atoms with Crippen LogP contribution in [0.1, 0.15) is 20.3 Å². The zero-order chi connectivity index (χ0) is 14.7. The molecule has 0 N–H and O–H groups in total. The van der Waals surface area contributed by atoms with E-state index in [9.17, 15) is 14.9 Å². The van der Waals surface area contributed by atoms with Crippen LogP contribution in [-0.2, 0) is 16.1 Å². The van der Waals surface area contributed by atoms with Gasteiger partial charge >= 0.3 is 5.69 Å². The first-order valence-electron chi connectivity index (χ1n) is 6.56. The third-order valence-corrected chi connectivity index (χ3v) is 3.16. The fourth-order valence-electron chi connectivity index (χ4n) is 2.32. The number of aryl methyl sites for hydroxylation is 1. The molecule has 0 spiro atoms.